The van der Waals surface area contributed by atoms with Crippen LogP contribution in [0.5, 0.6) is 0 Å². The minimum atomic E-state index is -0.908. The number of carbonyl (C=O) groups is 1. The van der Waals surface area contributed by atoms with Gasteiger partial charge in [0.05, 0.1) is 0 Å². The zero-order valence-electron chi connectivity index (χ0n) is 9.03. The first-order valence-corrected chi connectivity index (χ1v) is 6.60. The molecule has 16 heavy (non-hydrogen) atoms. The Morgan fingerprint density at radius 2 is 2.44 bits per heavy atom. The summed E-state index contributed by atoms with van der Waals surface area (Å²) in [4.78, 5) is 11.8. The van der Waals surface area contributed by atoms with Gasteiger partial charge in [-0.2, -0.15) is 0 Å². The van der Waals surface area contributed by atoms with Gasteiger partial charge in [-0.05, 0) is 35.8 Å². The van der Waals surface area contributed by atoms with Gasteiger partial charge in [-0.25, -0.2) is 0 Å². The molecule has 86 valence electrons. The van der Waals surface area contributed by atoms with Crippen LogP contribution < -0.4 is 10.6 Å². The number of nitrogens with one attached hydrogen (secondary N) is 2. The maximum atomic E-state index is 11.8. The molecule has 0 saturated carbocycles. The fraction of sp³-hybridized carbons (Fsp3) is 0.364. The fourth-order valence-corrected chi connectivity index (χ4v) is 2.76. The summed E-state index contributed by atoms with van der Waals surface area (Å²) in [6.07, 6.45) is 0. The van der Waals surface area contributed by atoms with E-state index in [9.17, 15) is 9.35 Å². The van der Waals surface area contributed by atoms with Gasteiger partial charge in [0.1, 0.15) is 11.8 Å². The normalized spacial score (nSPS) is 24.4. The minimum Gasteiger partial charge on any atom is -0.615 e. The van der Waals surface area contributed by atoms with Gasteiger partial charge in [-0.15, -0.1) is 0 Å². The maximum absolute atomic E-state index is 11.8. The molecule has 2 rings (SSSR count). The van der Waals surface area contributed by atoms with Gasteiger partial charge < -0.3 is 9.87 Å². The van der Waals surface area contributed by atoms with E-state index in [2.05, 4.69) is 10.6 Å². The van der Waals surface area contributed by atoms with E-state index in [1.807, 2.05) is 31.2 Å². The molecule has 2 N–H and O–H groups in total. The predicted molar refractivity (Wildman–Crippen MR) is 64.6 cm³/mol. The largest absolute Gasteiger partial charge is 0.615 e. The second-order valence-corrected chi connectivity index (χ2v) is 5.37. The summed E-state index contributed by atoms with van der Waals surface area (Å²) >= 11 is -0.908. The lowest BCUT2D eigenvalue weighted by atomic mass is 10.2. The molecule has 1 aliphatic heterocycles. The third kappa shape index (κ3) is 2.75. The first-order chi connectivity index (χ1) is 7.65. The number of amides is 1. The molecule has 2 atom stereocenters. The van der Waals surface area contributed by atoms with Gasteiger partial charge in [0, 0.05) is 5.69 Å². The molecule has 0 aromatic heterocycles. The lowest BCUT2D eigenvalue weighted by Crippen LogP contribution is -2.37. The van der Waals surface area contributed by atoms with Crippen LogP contribution in [0.4, 0.5) is 5.69 Å². The Kier molecular flexibility index (Phi) is 3.48. The fourth-order valence-electron chi connectivity index (χ4n) is 1.62. The molecule has 1 aromatic carbocycles. The molecule has 0 bridgehead atoms. The maximum Gasteiger partial charge on any atom is 0.246 e. The third-order valence-electron chi connectivity index (χ3n) is 2.45. The molecule has 1 heterocycles. The van der Waals surface area contributed by atoms with Gasteiger partial charge in [-0.1, -0.05) is 12.1 Å². The molecule has 0 radical (unpaired) electrons. The van der Waals surface area contributed by atoms with Crippen LogP contribution in [0, 0.1) is 6.92 Å². The topological polar surface area (TPSA) is 64.2 Å². The van der Waals surface area contributed by atoms with E-state index in [1.165, 1.54) is 0 Å². The van der Waals surface area contributed by atoms with E-state index in [-0.39, 0.29) is 11.9 Å². The molecule has 1 aliphatic rings. The molecule has 4 nitrogen and oxygen atoms in total. The molecular formula is C11H14N2O2S. The van der Waals surface area contributed by atoms with Crippen molar-refractivity contribution in [2.24, 2.45) is 0 Å². The summed E-state index contributed by atoms with van der Waals surface area (Å²) in [5, 5.41) is 5.74. The van der Waals surface area contributed by atoms with E-state index < -0.39 is 11.2 Å². The van der Waals surface area contributed by atoms with Crippen molar-refractivity contribution >= 4 is 22.8 Å². The molecule has 1 fully saturated rings. The van der Waals surface area contributed by atoms with Crippen molar-refractivity contribution in [2.45, 2.75) is 13.0 Å². The number of rotatable bonds is 2. The molecule has 0 spiro atoms. The SMILES string of the molecule is Cc1cccc(NC(=O)C2C[S+]([O-])CN2)c1. The van der Waals surface area contributed by atoms with E-state index in [0.717, 1.165) is 11.3 Å². The van der Waals surface area contributed by atoms with Crippen molar-refractivity contribution in [3.05, 3.63) is 29.8 Å². The van der Waals surface area contributed by atoms with Gasteiger partial charge >= 0.3 is 0 Å². The number of hydrogen-bond acceptors (Lipinski definition) is 3. The predicted octanol–water partition coefficient (Wildman–Crippen LogP) is 0.612. The minimum absolute atomic E-state index is 0.114. The van der Waals surface area contributed by atoms with Crippen LogP contribution in [0.1, 0.15) is 5.56 Å². The monoisotopic (exact) mass is 238 g/mol. The van der Waals surface area contributed by atoms with Crippen molar-refractivity contribution in [3.8, 4) is 0 Å². The molecule has 5 heteroatoms. The Balaban J connectivity index is 1.97. The van der Waals surface area contributed by atoms with Crippen LogP contribution in [0.3, 0.4) is 0 Å². The smallest absolute Gasteiger partial charge is 0.246 e. The summed E-state index contributed by atoms with van der Waals surface area (Å²) in [5.74, 6) is 0.695. The number of aryl methyl sites for hydroxylation is 1. The molecule has 2 unspecified atom stereocenters. The van der Waals surface area contributed by atoms with E-state index in [0.29, 0.717) is 11.6 Å². The van der Waals surface area contributed by atoms with Crippen LogP contribution in [-0.2, 0) is 16.0 Å². The second kappa shape index (κ2) is 4.86. The zero-order chi connectivity index (χ0) is 11.5. The second-order valence-electron chi connectivity index (χ2n) is 3.87. The Morgan fingerprint density at radius 3 is 3.06 bits per heavy atom. The van der Waals surface area contributed by atoms with E-state index >= 15 is 0 Å². The van der Waals surface area contributed by atoms with E-state index in [4.69, 9.17) is 0 Å². The van der Waals surface area contributed by atoms with Crippen LogP contribution in [-0.4, -0.2) is 28.1 Å². The van der Waals surface area contributed by atoms with Crippen LogP contribution in [0.2, 0.25) is 0 Å². The van der Waals surface area contributed by atoms with E-state index in [1.54, 1.807) is 0 Å². The summed E-state index contributed by atoms with van der Waals surface area (Å²) in [6, 6.07) is 7.28. The van der Waals surface area contributed by atoms with Gasteiger partial charge in [0.25, 0.3) is 0 Å². The summed E-state index contributed by atoms with van der Waals surface area (Å²) in [5.41, 5.74) is 1.88. The lowest BCUT2D eigenvalue weighted by Gasteiger charge is -2.09. The zero-order valence-corrected chi connectivity index (χ0v) is 9.84. The van der Waals surface area contributed by atoms with Crippen molar-refractivity contribution in [1.29, 1.82) is 0 Å². The van der Waals surface area contributed by atoms with Gasteiger partial charge in [0.15, 0.2) is 5.88 Å². The molecule has 1 saturated heterocycles. The van der Waals surface area contributed by atoms with Crippen molar-refractivity contribution in [2.75, 3.05) is 16.9 Å². The standard InChI is InChI=1S/C11H14N2O2S/c1-8-3-2-4-9(5-8)13-11(14)10-6-16(15)7-12-10/h2-5,10,12H,6-7H2,1H3,(H,13,14). The van der Waals surface area contributed by atoms with Gasteiger partial charge in [0.2, 0.25) is 5.91 Å². The average Bonchev–Trinajstić information content (AvgIpc) is 2.65. The summed E-state index contributed by atoms with van der Waals surface area (Å²) in [6.45, 7) is 1.97. The Labute approximate surface area is 97.6 Å². The molecular weight excluding hydrogens is 224 g/mol. The number of carbonyl (C=O) groups excluding carboxylic acids is 1. The Morgan fingerprint density at radius 1 is 1.62 bits per heavy atom. The highest BCUT2D eigenvalue weighted by Gasteiger charge is 2.31. The van der Waals surface area contributed by atoms with Gasteiger partial charge in [-0.3, -0.25) is 10.1 Å². The Bertz CT molecular complexity index is 397. The number of benzene rings is 1. The molecule has 0 aliphatic carbocycles. The highest BCUT2D eigenvalue weighted by atomic mass is 32.2. The highest BCUT2D eigenvalue weighted by molar-refractivity contribution is 7.91. The lowest BCUT2D eigenvalue weighted by molar-refractivity contribution is -0.117. The Hall–Kier alpha value is -1.04. The van der Waals surface area contributed by atoms with Crippen molar-refractivity contribution in [3.63, 3.8) is 0 Å². The third-order valence-corrected chi connectivity index (χ3v) is 3.64. The van der Waals surface area contributed by atoms with Crippen LogP contribution in [0.15, 0.2) is 24.3 Å². The van der Waals surface area contributed by atoms with Crippen molar-refractivity contribution in [1.82, 2.24) is 5.32 Å². The number of anilines is 1. The number of hydrogen-bond donors (Lipinski definition) is 2. The van der Waals surface area contributed by atoms with Crippen LogP contribution in [0.25, 0.3) is 0 Å². The average molecular weight is 238 g/mol. The molecule has 1 amide bonds. The first-order valence-electron chi connectivity index (χ1n) is 5.11. The summed E-state index contributed by atoms with van der Waals surface area (Å²) < 4.78 is 11.1. The van der Waals surface area contributed by atoms with Crippen molar-refractivity contribution < 1.29 is 9.35 Å². The molecule has 1 aromatic rings. The van der Waals surface area contributed by atoms with Crippen LogP contribution >= 0.6 is 0 Å². The first kappa shape index (κ1) is 11.4. The highest BCUT2D eigenvalue weighted by Crippen LogP contribution is 2.11. The quantitative estimate of drug-likeness (QED) is 0.742. The summed E-state index contributed by atoms with van der Waals surface area (Å²) in [7, 11) is 0.